The van der Waals surface area contributed by atoms with Crippen LogP contribution in [0.4, 0.5) is 10.1 Å². The maximum absolute atomic E-state index is 14.5. The van der Waals surface area contributed by atoms with Crippen molar-refractivity contribution >= 4 is 22.9 Å². The summed E-state index contributed by atoms with van der Waals surface area (Å²) in [6.45, 7) is 0.361. The fourth-order valence-electron chi connectivity index (χ4n) is 3.94. The van der Waals surface area contributed by atoms with Crippen molar-refractivity contribution in [3.8, 4) is 17.4 Å². The van der Waals surface area contributed by atoms with Crippen LogP contribution in [-0.4, -0.2) is 43.6 Å². The van der Waals surface area contributed by atoms with Gasteiger partial charge >= 0.3 is 0 Å². The maximum Gasteiger partial charge on any atom is 0.213 e. The van der Waals surface area contributed by atoms with Crippen molar-refractivity contribution in [3.05, 3.63) is 59.2 Å². The molecule has 0 radical (unpaired) electrons. The smallest absolute Gasteiger partial charge is 0.213 e. The highest BCUT2D eigenvalue weighted by Gasteiger charge is 2.20. The molecular weight excluding hydrogens is 437 g/mol. The van der Waals surface area contributed by atoms with Crippen molar-refractivity contribution in [1.82, 2.24) is 15.3 Å². The standard InChI is InChI=1S/C25H28FN5O3/c1-32-22-11-15(18(26)12-23(22)33-2)13-29-17-4-5-19(27)16(10-17)14-30-21-8-9-28-20-6-7-24(34-3)31-25(20)21/h6-9,11-12,14,17,29H,4-5,10,13,27H2,1-3H3. The quantitative estimate of drug-likeness (QED) is 0.484. The van der Waals surface area contributed by atoms with E-state index in [9.17, 15) is 4.39 Å². The molecule has 1 aromatic carbocycles. The summed E-state index contributed by atoms with van der Waals surface area (Å²) in [4.78, 5) is 13.5. The Hall–Kier alpha value is -3.72. The Morgan fingerprint density at radius 1 is 1.15 bits per heavy atom. The molecule has 0 amide bonds. The van der Waals surface area contributed by atoms with Gasteiger partial charge in [-0.15, -0.1) is 0 Å². The van der Waals surface area contributed by atoms with Crippen LogP contribution in [0.25, 0.3) is 11.0 Å². The van der Waals surface area contributed by atoms with E-state index in [4.69, 9.17) is 19.9 Å². The third kappa shape index (κ3) is 5.09. The lowest BCUT2D eigenvalue weighted by molar-refractivity contribution is 0.350. The fourth-order valence-corrected chi connectivity index (χ4v) is 3.94. The monoisotopic (exact) mass is 465 g/mol. The summed E-state index contributed by atoms with van der Waals surface area (Å²) in [5.41, 5.74) is 10.6. The number of aromatic nitrogens is 2. The van der Waals surface area contributed by atoms with Gasteiger partial charge < -0.3 is 25.3 Å². The summed E-state index contributed by atoms with van der Waals surface area (Å²) >= 11 is 0. The fraction of sp³-hybridized carbons (Fsp3) is 0.320. The molecule has 1 atom stereocenters. The first-order valence-corrected chi connectivity index (χ1v) is 11.0. The van der Waals surface area contributed by atoms with E-state index in [0.717, 1.165) is 29.6 Å². The molecule has 0 saturated carbocycles. The Morgan fingerprint density at radius 3 is 2.71 bits per heavy atom. The molecular formula is C25H28FN5O3. The molecule has 1 aliphatic carbocycles. The van der Waals surface area contributed by atoms with Crippen LogP contribution in [0.5, 0.6) is 17.4 Å². The Kier molecular flexibility index (Phi) is 7.22. The molecule has 2 heterocycles. The number of nitrogens with one attached hydrogen (secondary N) is 1. The molecule has 0 saturated heterocycles. The Labute approximate surface area is 197 Å². The van der Waals surface area contributed by atoms with Gasteiger partial charge in [0.25, 0.3) is 0 Å². The molecule has 0 bridgehead atoms. The number of ether oxygens (including phenoxy) is 3. The van der Waals surface area contributed by atoms with Crippen LogP contribution in [0.3, 0.4) is 0 Å². The number of hydrogen-bond donors (Lipinski definition) is 2. The number of pyridine rings is 2. The lowest BCUT2D eigenvalue weighted by Crippen LogP contribution is -2.33. The summed E-state index contributed by atoms with van der Waals surface area (Å²) in [6.07, 6.45) is 5.76. The second kappa shape index (κ2) is 10.5. The number of rotatable bonds is 8. The van der Waals surface area contributed by atoms with Crippen LogP contribution >= 0.6 is 0 Å². The Balaban J connectivity index is 1.47. The molecule has 1 aliphatic rings. The van der Waals surface area contributed by atoms with Gasteiger partial charge in [0.2, 0.25) is 5.88 Å². The van der Waals surface area contributed by atoms with E-state index in [1.54, 1.807) is 37.7 Å². The third-order valence-corrected chi connectivity index (χ3v) is 5.88. The Bertz CT molecular complexity index is 1240. The summed E-state index contributed by atoms with van der Waals surface area (Å²) < 4.78 is 30.2. The van der Waals surface area contributed by atoms with Crippen molar-refractivity contribution in [2.75, 3.05) is 21.3 Å². The lowest BCUT2D eigenvalue weighted by atomic mass is 9.92. The number of nitrogens with zero attached hydrogens (tertiary/aromatic N) is 3. The maximum atomic E-state index is 14.5. The van der Waals surface area contributed by atoms with Crippen LogP contribution in [-0.2, 0) is 6.54 Å². The average Bonchev–Trinajstić information content (AvgIpc) is 2.87. The minimum absolute atomic E-state index is 0.133. The number of benzene rings is 1. The van der Waals surface area contributed by atoms with Gasteiger partial charge in [0.15, 0.2) is 11.5 Å². The second-order valence-corrected chi connectivity index (χ2v) is 7.98. The number of fused-ring (bicyclic) bond motifs is 1. The SMILES string of the molecule is COc1ccc2nccc(N=CC3=C(N)CCC(NCc4cc(OC)c(OC)cc4F)C3)c2n1. The van der Waals surface area contributed by atoms with Crippen molar-refractivity contribution in [1.29, 1.82) is 0 Å². The van der Waals surface area contributed by atoms with E-state index in [0.29, 0.717) is 47.1 Å². The van der Waals surface area contributed by atoms with E-state index < -0.39 is 0 Å². The molecule has 4 rings (SSSR count). The van der Waals surface area contributed by atoms with Gasteiger partial charge in [-0.1, -0.05) is 0 Å². The van der Waals surface area contributed by atoms with E-state index in [1.807, 2.05) is 6.07 Å². The molecule has 0 fully saturated rings. The van der Waals surface area contributed by atoms with E-state index >= 15 is 0 Å². The summed E-state index contributed by atoms with van der Waals surface area (Å²) in [5.74, 6) is 1.02. The number of halogens is 1. The molecule has 9 heteroatoms. The molecule has 3 N–H and O–H groups in total. The van der Waals surface area contributed by atoms with Crippen LogP contribution in [0.2, 0.25) is 0 Å². The molecule has 2 aromatic heterocycles. The average molecular weight is 466 g/mol. The van der Waals surface area contributed by atoms with Crippen molar-refractivity contribution in [2.45, 2.75) is 31.8 Å². The summed E-state index contributed by atoms with van der Waals surface area (Å²) in [6, 6.07) is 8.55. The van der Waals surface area contributed by atoms with E-state index in [-0.39, 0.29) is 11.9 Å². The first kappa shape index (κ1) is 23.4. The number of nitrogens with two attached hydrogens (primary N) is 1. The van der Waals surface area contributed by atoms with Crippen LogP contribution in [0.15, 0.2) is 52.8 Å². The molecule has 0 aliphatic heterocycles. The molecule has 1 unspecified atom stereocenters. The van der Waals surface area contributed by atoms with Gasteiger partial charge in [0.05, 0.1) is 32.5 Å². The molecule has 0 spiro atoms. The van der Waals surface area contributed by atoms with E-state index in [2.05, 4.69) is 20.3 Å². The minimum atomic E-state index is -0.342. The van der Waals surface area contributed by atoms with Gasteiger partial charge in [-0.25, -0.2) is 9.37 Å². The zero-order valence-corrected chi connectivity index (χ0v) is 19.5. The normalized spacial score (nSPS) is 16.3. The predicted octanol–water partition coefficient (Wildman–Crippen LogP) is 4.05. The van der Waals surface area contributed by atoms with Crippen LogP contribution in [0.1, 0.15) is 24.8 Å². The number of hydrogen-bond acceptors (Lipinski definition) is 8. The molecule has 34 heavy (non-hydrogen) atoms. The number of aliphatic imine (C=N–C) groups is 1. The van der Waals surface area contributed by atoms with Gasteiger partial charge in [-0.3, -0.25) is 9.98 Å². The van der Waals surface area contributed by atoms with Gasteiger partial charge in [0.1, 0.15) is 11.3 Å². The first-order chi connectivity index (χ1) is 16.5. The topological polar surface area (TPSA) is 104 Å². The minimum Gasteiger partial charge on any atom is -0.493 e. The molecule has 3 aromatic rings. The predicted molar refractivity (Wildman–Crippen MR) is 129 cm³/mol. The number of allylic oxidation sites excluding steroid dienone is 1. The van der Waals surface area contributed by atoms with Crippen molar-refractivity contribution in [2.24, 2.45) is 10.7 Å². The number of methoxy groups -OCH3 is 3. The van der Waals surface area contributed by atoms with Crippen LogP contribution < -0.4 is 25.3 Å². The van der Waals surface area contributed by atoms with Gasteiger partial charge in [0, 0.05) is 48.4 Å². The summed E-state index contributed by atoms with van der Waals surface area (Å²) in [5, 5.41) is 3.43. The highest BCUT2D eigenvalue weighted by Crippen LogP contribution is 2.30. The largest absolute Gasteiger partial charge is 0.493 e. The molecule has 8 nitrogen and oxygen atoms in total. The first-order valence-electron chi connectivity index (χ1n) is 11.0. The second-order valence-electron chi connectivity index (χ2n) is 7.98. The highest BCUT2D eigenvalue weighted by molar-refractivity contribution is 5.90. The Morgan fingerprint density at radius 2 is 1.94 bits per heavy atom. The summed E-state index contributed by atoms with van der Waals surface area (Å²) in [7, 11) is 4.59. The zero-order valence-electron chi connectivity index (χ0n) is 19.5. The van der Waals surface area contributed by atoms with Crippen molar-refractivity contribution < 1.29 is 18.6 Å². The third-order valence-electron chi connectivity index (χ3n) is 5.88. The molecule has 178 valence electrons. The van der Waals surface area contributed by atoms with Crippen LogP contribution in [0, 0.1) is 5.82 Å². The van der Waals surface area contributed by atoms with Gasteiger partial charge in [-0.2, -0.15) is 0 Å². The highest BCUT2D eigenvalue weighted by atomic mass is 19.1. The van der Waals surface area contributed by atoms with E-state index in [1.165, 1.54) is 20.3 Å². The van der Waals surface area contributed by atoms with Crippen molar-refractivity contribution in [3.63, 3.8) is 0 Å². The van der Waals surface area contributed by atoms with Gasteiger partial charge in [-0.05, 0) is 43.0 Å². The zero-order chi connectivity index (χ0) is 24.1. The lowest BCUT2D eigenvalue weighted by Gasteiger charge is -2.25.